The molecule has 5 atom stereocenters. The Morgan fingerprint density at radius 1 is 0.600 bits per heavy atom. The summed E-state index contributed by atoms with van der Waals surface area (Å²) in [6.45, 7) is 1.07. The zero-order chi connectivity index (χ0) is 30.8. The van der Waals surface area contributed by atoms with E-state index in [-0.39, 0.29) is 13.2 Å². The van der Waals surface area contributed by atoms with Crippen LogP contribution in [0.3, 0.4) is 0 Å². The molecular weight excluding hydrogens is 568 g/mol. The van der Waals surface area contributed by atoms with Crippen LogP contribution < -0.4 is 9.47 Å². The third-order valence-electron chi connectivity index (χ3n) is 7.87. The molecule has 5 aromatic rings. The molecule has 7 heteroatoms. The van der Waals surface area contributed by atoms with Gasteiger partial charge in [-0.05, 0) is 57.8 Å². The summed E-state index contributed by atoms with van der Waals surface area (Å²) in [5.74, 6) is 1.28. The fourth-order valence-corrected chi connectivity index (χ4v) is 5.43. The highest BCUT2D eigenvalue weighted by molar-refractivity contribution is 5.82. The maximum absolute atomic E-state index is 11.7. The molecule has 0 radical (unpaired) electrons. The molecule has 7 nitrogen and oxygen atoms in total. The molecule has 0 aromatic heterocycles. The van der Waals surface area contributed by atoms with Crippen molar-refractivity contribution in [1.29, 1.82) is 0 Å². The first kappa shape index (κ1) is 30.8. The minimum atomic E-state index is -1.04. The van der Waals surface area contributed by atoms with Crippen LogP contribution in [-0.2, 0) is 38.8 Å². The van der Waals surface area contributed by atoms with Crippen LogP contribution in [0.15, 0.2) is 127 Å². The van der Waals surface area contributed by atoms with Crippen molar-refractivity contribution in [2.45, 2.75) is 50.5 Å². The first-order chi connectivity index (χ1) is 22.2. The molecule has 6 rings (SSSR count). The summed E-state index contributed by atoms with van der Waals surface area (Å²) in [5.41, 5.74) is 3.00. The van der Waals surface area contributed by atoms with Gasteiger partial charge in [0.25, 0.3) is 0 Å². The summed E-state index contributed by atoms with van der Waals surface area (Å²) >= 11 is 0. The monoisotopic (exact) mass is 606 g/mol. The summed E-state index contributed by atoms with van der Waals surface area (Å²) in [4.78, 5) is 0. The number of ether oxygens (including phenoxy) is 6. The van der Waals surface area contributed by atoms with Gasteiger partial charge in [0, 0.05) is 0 Å². The van der Waals surface area contributed by atoms with E-state index in [4.69, 9.17) is 28.4 Å². The third kappa shape index (κ3) is 8.08. The molecule has 0 unspecified atom stereocenters. The molecule has 1 N–H and O–H groups in total. The van der Waals surface area contributed by atoms with Crippen molar-refractivity contribution in [2.24, 2.45) is 0 Å². The first-order valence-corrected chi connectivity index (χ1v) is 15.2. The highest BCUT2D eigenvalue weighted by atomic mass is 16.7. The predicted octanol–water partition coefficient (Wildman–Crippen LogP) is 6.70. The lowest BCUT2D eigenvalue weighted by Gasteiger charge is -2.44. The Kier molecular flexibility index (Phi) is 10.4. The summed E-state index contributed by atoms with van der Waals surface area (Å²) in [7, 11) is 1.62. The minimum Gasteiger partial charge on any atom is -0.497 e. The average molecular weight is 607 g/mol. The zero-order valence-electron chi connectivity index (χ0n) is 25.2. The van der Waals surface area contributed by atoms with Gasteiger partial charge in [0.05, 0.1) is 33.5 Å². The SMILES string of the molecule is COc1ccc(O[C@@H]2O[C@H](COCc3ccc4ccccc4c3)[C@@H](O)[C@H](OCc3ccccc3)[C@H]2OCc2ccccc2)cc1. The maximum Gasteiger partial charge on any atom is 0.229 e. The van der Waals surface area contributed by atoms with Crippen LogP contribution in [0.4, 0.5) is 0 Å². The molecule has 45 heavy (non-hydrogen) atoms. The quantitative estimate of drug-likeness (QED) is 0.160. The lowest BCUT2D eigenvalue weighted by molar-refractivity contribution is -0.301. The molecule has 5 aromatic carbocycles. The van der Waals surface area contributed by atoms with Gasteiger partial charge in [-0.3, -0.25) is 0 Å². The molecular formula is C38H38O7. The number of aliphatic hydroxyl groups excluding tert-OH is 1. The van der Waals surface area contributed by atoms with E-state index < -0.39 is 30.7 Å². The molecule has 0 spiro atoms. The van der Waals surface area contributed by atoms with Crippen molar-refractivity contribution in [2.75, 3.05) is 13.7 Å². The van der Waals surface area contributed by atoms with E-state index >= 15 is 0 Å². The molecule has 0 bridgehead atoms. The van der Waals surface area contributed by atoms with Crippen LogP contribution in [0.2, 0.25) is 0 Å². The first-order valence-electron chi connectivity index (χ1n) is 15.2. The van der Waals surface area contributed by atoms with Gasteiger partial charge >= 0.3 is 0 Å². The molecule has 1 fully saturated rings. The normalized spacial score (nSPS) is 21.4. The van der Waals surface area contributed by atoms with Crippen LogP contribution in [0, 0.1) is 0 Å². The Balaban J connectivity index is 1.22. The van der Waals surface area contributed by atoms with Gasteiger partial charge in [-0.15, -0.1) is 0 Å². The average Bonchev–Trinajstić information content (AvgIpc) is 3.09. The third-order valence-corrected chi connectivity index (χ3v) is 7.87. The van der Waals surface area contributed by atoms with E-state index in [2.05, 4.69) is 30.3 Å². The summed E-state index contributed by atoms with van der Waals surface area (Å²) in [5, 5.41) is 14.0. The lowest BCUT2D eigenvalue weighted by atomic mass is 9.98. The van der Waals surface area contributed by atoms with Gasteiger partial charge < -0.3 is 33.5 Å². The number of benzene rings is 5. The van der Waals surface area contributed by atoms with Gasteiger partial charge in [0.15, 0.2) is 0 Å². The number of rotatable bonds is 13. The topological polar surface area (TPSA) is 75.6 Å². The Bertz CT molecular complexity index is 1610. The maximum atomic E-state index is 11.7. The Morgan fingerprint density at radius 3 is 1.87 bits per heavy atom. The van der Waals surface area contributed by atoms with Crippen molar-refractivity contribution in [3.63, 3.8) is 0 Å². The van der Waals surface area contributed by atoms with Crippen LogP contribution in [-0.4, -0.2) is 49.5 Å². The fourth-order valence-electron chi connectivity index (χ4n) is 5.43. The minimum absolute atomic E-state index is 0.132. The van der Waals surface area contributed by atoms with E-state index in [1.165, 1.54) is 5.39 Å². The second-order valence-corrected chi connectivity index (χ2v) is 11.0. The summed E-state index contributed by atoms with van der Waals surface area (Å²) < 4.78 is 37.1. The standard InChI is InChI=1S/C38H38O7/c1-40-32-18-20-33(21-19-32)44-38-37(43-25-28-12-6-3-7-13-28)36(42-24-27-10-4-2-5-11-27)35(39)34(45-38)26-41-23-29-16-17-30-14-8-9-15-31(30)22-29/h2-22,34-39H,23-26H2,1H3/t34-,35-,36+,37-,38-/m1/s1. The van der Waals surface area contributed by atoms with Crippen LogP contribution in [0.1, 0.15) is 16.7 Å². The van der Waals surface area contributed by atoms with Crippen molar-refractivity contribution in [3.8, 4) is 11.5 Å². The molecule has 1 aliphatic heterocycles. The van der Waals surface area contributed by atoms with Gasteiger partial charge in [0.1, 0.15) is 35.9 Å². The number of fused-ring (bicyclic) bond motifs is 1. The number of aliphatic hydroxyl groups is 1. The van der Waals surface area contributed by atoms with Gasteiger partial charge in [-0.2, -0.15) is 0 Å². The largest absolute Gasteiger partial charge is 0.497 e. The van der Waals surface area contributed by atoms with Crippen LogP contribution in [0.5, 0.6) is 11.5 Å². The van der Waals surface area contributed by atoms with E-state index in [1.807, 2.05) is 97.1 Å². The fraction of sp³-hybridized carbons (Fsp3) is 0.263. The second-order valence-electron chi connectivity index (χ2n) is 11.0. The number of hydrogen-bond acceptors (Lipinski definition) is 7. The van der Waals surface area contributed by atoms with E-state index in [0.717, 1.165) is 22.1 Å². The van der Waals surface area contributed by atoms with E-state index in [1.54, 1.807) is 7.11 Å². The van der Waals surface area contributed by atoms with Crippen molar-refractivity contribution >= 4 is 10.8 Å². The highest BCUT2D eigenvalue weighted by Gasteiger charge is 2.48. The van der Waals surface area contributed by atoms with Gasteiger partial charge in [0.2, 0.25) is 6.29 Å². The molecule has 0 aliphatic carbocycles. The Hall–Kier alpha value is -4.24. The van der Waals surface area contributed by atoms with Gasteiger partial charge in [-0.25, -0.2) is 0 Å². The summed E-state index contributed by atoms with van der Waals surface area (Å²) in [6, 6.07) is 41.4. The van der Waals surface area contributed by atoms with E-state index in [9.17, 15) is 5.11 Å². The highest BCUT2D eigenvalue weighted by Crippen LogP contribution is 2.31. The number of methoxy groups -OCH3 is 1. The van der Waals surface area contributed by atoms with Gasteiger partial charge in [-0.1, -0.05) is 97.1 Å². The molecule has 1 aliphatic rings. The number of hydrogen-bond donors (Lipinski definition) is 1. The molecule has 1 saturated heterocycles. The van der Waals surface area contributed by atoms with Crippen LogP contribution in [0.25, 0.3) is 10.8 Å². The smallest absolute Gasteiger partial charge is 0.229 e. The van der Waals surface area contributed by atoms with E-state index in [0.29, 0.717) is 24.7 Å². The van der Waals surface area contributed by atoms with Crippen molar-refractivity contribution in [3.05, 3.63) is 144 Å². The zero-order valence-corrected chi connectivity index (χ0v) is 25.2. The molecule has 0 amide bonds. The van der Waals surface area contributed by atoms with Crippen molar-refractivity contribution < 1.29 is 33.5 Å². The molecule has 0 saturated carbocycles. The van der Waals surface area contributed by atoms with Crippen LogP contribution >= 0.6 is 0 Å². The predicted molar refractivity (Wildman–Crippen MR) is 172 cm³/mol. The summed E-state index contributed by atoms with van der Waals surface area (Å²) in [6.07, 6.45) is -4.17. The molecule has 232 valence electrons. The molecule has 1 heterocycles. The Morgan fingerprint density at radius 2 is 1.20 bits per heavy atom. The van der Waals surface area contributed by atoms with Crippen molar-refractivity contribution in [1.82, 2.24) is 0 Å². The Labute approximate surface area is 263 Å². The second kappa shape index (κ2) is 15.2. The lowest BCUT2D eigenvalue weighted by Crippen LogP contribution is -2.61.